The van der Waals surface area contributed by atoms with Gasteiger partial charge in [0.1, 0.15) is 29.6 Å². The second-order valence-electron chi connectivity index (χ2n) is 8.70. The number of non-ortho nitro benzene ring substituents is 1. The maximum absolute atomic E-state index is 12.8. The third-order valence-corrected chi connectivity index (χ3v) is 5.98. The number of nitrogens with one attached hydrogen (secondary N) is 1. The summed E-state index contributed by atoms with van der Waals surface area (Å²) in [5.74, 6) is 1.36. The van der Waals surface area contributed by atoms with Gasteiger partial charge < -0.3 is 19.2 Å². The molecule has 1 N–H and O–H groups in total. The lowest BCUT2D eigenvalue weighted by molar-refractivity contribution is -0.384. The molecular weight excluding hydrogens is 496 g/mol. The highest BCUT2D eigenvalue weighted by atomic mass is 35.5. The number of hydrogen-bond acceptors (Lipinski definition) is 6. The number of amides is 1. The Morgan fingerprint density at radius 3 is 2.49 bits per heavy atom. The summed E-state index contributed by atoms with van der Waals surface area (Å²) < 4.78 is 17.4. The molecule has 0 bridgehead atoms. The smallest absolute Gasteiger partial charge is 0.291 e. The van der Waals surface area contributed by atoms with Crippen LogP contribution in [0.15, 0.2) is 65.1 Å². The molecule has 1 amide bonds. The van der Waals surface area contributed by atoms with E-state index in [9.17, 15) is 14.9 Å². The van der Waals surface area contributed by atoms with E-state index in [0.29, 0.717) is 22.3 Å². The zero-order valence-electron chi connectivity index (χ0n) is 20.8. The first-order valence-electron chi connectivity index (χ1n) is 11.4. The summed E-state index contributed by atoms with van der Waals surface area (Å²) in [5.41, 5.74) is 3.81. The SMILES string of the molecule is Cc1cc(C)c(C)c(Oc2cc(NC(=O)c3ccc(COc4ccc(Cl)cc4C)o3)cc([N+](=O)[O-])c2)c1. The largest absolute Gasteiger partial charge is 0.485 e. The number of rotatable bonds is 8. The van der Waals surface area contributed by atoms with Crippen molar-refractivity contribution in [3.63, 3.8) is 0 Å². The van der Waals surface area contributed by atoms with E-state index in [1.165, 1.54) is 24.3 Å². The zero-order valence-corrected chi connectivity index (χ0v) is 21.5. The Labute approximate surface area is 218 Å². The van der Waals surface area contributed by atoms with Crippen LogP contribution in [0, 0.1) is 37.8 Å². The highest BCUT2D eigenvalue weighted by molar-refractivity contribution is 6.30. The average molecular weight is 521 g/mol. The van der Waals surface area contributed by atoms with Crippen molar-refractivity contribution < 1.29 is 23.6 Å². The van der Waals surface area contributed by atoms with Crippen LogP contribution < -0.4 is 14.8 Å². The van der Waals surface area contributed by atoms with E-state index < -0.39 is 10.8 Å². The highest BCUT2D eigenvalue weighted by Crippen LogP contribution is 2.33. The number of ether oxygens (including phenoxy) is 2. The number of nitro benzene ring substituents is 1. The van der Waals surface area contributed by atoms with Crippen molar-refractivity contribution in [2.75, 3.05) is 5.32 Å². The van der Waals surface area contributed by atoms with Crippen LogP contribution in [0.25, 0.3) is 0 Å². The molecule has 0 aliphatic carbocycles. The van der Waals surface area contributed by atoms with Crippen LogP contribution in [-0.4, -0.2) is 10.8 Å². The number of carbonyl (C=O) groups excluding carboxylic acids is 1. The van der Waals surface area contributed by atoms with Crippen LogP contribution in [0.5, 0.6) is 17.2 Å². The summed E-state index contributed by atoms with van der Waals surface area (Å²) in [7, 11) is 0. The molecule has 0 aliphatic heterocycles. The van der Waals surface area contributed by atoms with Crippen LogP contribution in [0.1, 0.15) is 38.6 Å². The summed E-state index contributed by atoms with van der Waals surface area (Å²) in [4.78, 5) is 23.8. The minimum absolute atomic E-state index is 0.0329. The number of benzene rings is 3. The van der Waals surface area contributed by atoms with E-state index in [-0.39, 0.29) is 29.5 Å². The van der Waals surface area contributed by atoms with Crippen LogP contribution in [0.2, 0.25) is 5.02 Å². The number of carbonyl (C=O) groups is 1. The van der Waals surface area contributed by atoms with Gasteiger partial charge in [-0.3, -0.25) is 14.9 Å². The molecule has 0 saturated heterocycles. The number of hydrogen-bond donors (Lipinski definition) is 1. The van der Waals surface area contributed by atoms with Gasteiger partial charge in [0.25, 0.3) is 11.6 Å². The Bertz CT molecular complexity index is 1490. The Hall–Kier alpha value is -4.30. The molecule has 0 unspecified atom stereocenters. The van der Waals surface area contributed by atoms with Crippen molar-refractivity contribution in [2.24, 2.45) is 0 Å². The number of furan rings is 1. The van der Waals surface area contributed by atoms with Crippen molar-refractivity contribution in [3.8, 4) is 17.2 Å². The van der Waals surface area contributed by atoms with E-state index in [0.717, 1.165) is 22.3 Å². The quantitative estimate of drug-likeness (QED) is 0.188. The van der Waals surface area contributed by atoms with Crippen LogP contribution in [0.3, 0.4) is 0 Å². The van der Waals surface area contributed by atoms with Gasteiger partial charge in [-0.25, -0.2) is 0 Å². The number of nitro groups is 1. The molecule has 0 radical (unpaired) electrons. The number of anilines is 1. The van der Waals surface area contributed by atoms with Gasteiger partial charge in [-0.05, 0) is 86.3 Å². The van der Waals surface area contributed by atoms with Crippen molar-refractivity contribution >= 4 is 28.9 Å². The van der Waals surface area contributed by atoms with Gasteiger partial charge in [0.2, 0.25) is 0 Å². The van der Waals surface area contributed by atoms with E-state index in [1.807, 2.05) is 39.8 Å². The number of aryl methyl sites for hydroxylation is 3. The maximum Gasteiger partial charge on any atom is 0.291 e. The first-order valence-corrected chi connectivity index (χ1v) is 11.8. The Balaban J connectivity index is 1.50. The van der Waals surface area contributed by atoms with Crippen molar-refractivity contribution in [1.29, 1.82) is 0 Å². The van der Waals surface area contributed by atoms with Gasteiger partial charge >= 0.3 is 0 Å². The summed E-state index contributed by atoms with van der Waals surface area (Å²) in [5, 5.41) is 14.8. The maximum atomic E-state index is 12.8. The first kappa shape index (κ1) is 25.8. The fourth-order valence-electron chi connectivity index (χ4n) is 3.75. The molecule has 9 heteroatoms. The second-order valence-corrected chi connectivity index (χ2v) is 9.13. The van der Waals surface area contributed by atoms with Crippen LogP contribution in [0.4, 0.5) is 11.4 Å². The third kappa shape index (κ3) is 6.29. The molecule has 0 aliphatic rings. The molecule has 0 spiro atoms. The standard InChI is InChI=1S/C28H25ClN2O6/c1-16-9-17(2)19(4)27(10-16)37-24-13-21(12-22(14-24)31(33)34)30-28(32)26-8-6-23(36-26)15-35-25-7-5-20(29)11-18(25)3/h5-14H,15H2,1-4H3,(H,30,32). The molecule has 3 aromatic carbocycles. The van der Waals surface area contributed by atoms with Gasteiger partial charge in [-0.15, -0.1) is 0 Å². The van der Waals surface area contributed by atoms with Crippen molar-refractivity contribution in [2.45, 2.75) is 34.3 Å². The van der Waals surface area contributed by atoms with E-state index in [2.05, 4.69) is 5.32 Å². The number of halogens is 1. The van der Waals surface area contributed by atoms with Gasteiger partial charge in [-0.1, -0.05) is 17.7 Å². The lowest BCUT2D eigenvalue weighted by atomic mass is 10.1. The predicted octanol–water partition coefficient (Wildman–Crippen LogP) is 7.70. The number of nitrogens with zero attached hydrogens (tertiary/aromatic N) is 1. The van der Waals surface area contributed by atoms with E-state index in [1.54, 1.807) is 24.3 Å². The molecule has 4 aromatic rings. The van der Waals surface area contributed by atoms with Gasteiger partial charge in [0, 0.05) is 17.2 Å². The fourth-order valence-corrected chi connectivity index (χ4v) is 3.97. The summed E-state index contributed by atoms with van der Waals surface area (Å²) in [6.45, 7) is 7.81. The summed E-state index contributed by atoms with van der Waals surface area (Å²) in [6, 6.07) is 16.4. The molecule has 37 heavy (non-hydrogen) atoms. The molecule has 1 aromatic heterocycles. The molecule has 4 rings (SSSR count). The predicted molar refractivity (Wildman–Crippen MR) is 141 cm³/mol. The Morgan fingerprint density at radius 2 is 1.76 bits per heavy atom. The summed E-state index contributed by atoms with van der Waals surface area (Å²) in [6.07, 6.45) is 0. The molecule has 1 heterocycles. The van der Waals surface area contributed by atoms with Crippen molar-refractivity contribution in [1.82, 2.24) is 0 Å². The molecule has 0 fully saturated rings. The third-order valence-electron chi connectivity index (χ3n) is 5.74. The van der Waals surface area contributed by atoms with Gasteiger partial charge in [-0.2, -0.15) is 0 Å². The summed E-state index contributed by atoms with van der Waals surface area (Å²) >= 11 is 5.97. The monoisotopic (exact) mass is 520 g/mol. The topological polar surface area (TPSA) is 104 Å². The van der Waals surface area contributed by atoms with Crippen LogP contribution >= 0.6 is 11.6 Å². The minimum atomic E-state index is -0.567. The second kappa shape index (κ2) is 10.8. The lowest BCUT2D eigenvalue weighted by Gasteiger charge is -2.13. The van der Waals surface area contributed by atoms with E-state index >= 15 is 0 Å². The normalized spacial score (nSPS) is 10.7. The Kier molecular flexibility index (Phi) is 7.50. The highest BCUT2D eigenvalue weighted by Gasteiger charge is 2.17. The zero-order chi connectivity index (χ0) is 26.7. The first-order chi connectivity index (χ1) is 17.6. The fraction of sp³-hybridized carbons (Fsp3) is 0.179. The van der Waals surface area contributed by atoms with Crippen LogP contribution in [-0.2, 0) is 6.61 Å². The average Bonchev–Trinajstić information content (AvgIpc) is 3.31. The van der Waals surface area contributed by atoms with Gasteiger partial charge in [0.15, 0.2) is 5.76 Å². The minimum Gasteiger partial charge on any atom is -0.485 e. The molecular formula is C28H25ClN2O6. The van der Waals surface area contributed by atoms with E-state index in [4.69, 9.17) is 25.5 Å². The van der Waals surface area contributed by atoms with Gasteiger partial charge in [0.05, 0.1) is 16.7 Å². The Morgan fingerprint density at radius 1 is 0.973 bits per heavy atom. The molecule has 0 saturated carbocycles. The molecule has 8 nitrogen and oxygen atoms in total. The lowest BCUT2D eigenvalue weighted by Crippen LogP contribution is -2.11. The molecule has 0 atom stereocenters. The van der Waals surface area contributed by atoms with Crippen molar-refractivity contribution in [3.05, 3.63) is 110 Å². The molecule has 190 valence electrons.